The largest absolute Gasteiger partial charge is 0.545 e. The molecule has 7 nitrogen and oxygen atoms in total. The molecule has 0 fully saturated rings. The normalized spacial score (nSPS) is 10.9. The number of amides is 1. The van der Waals surface area contributed by atoms with Gasteiger partial charge in [-0.3, -0.25) is 4.79 Å². The first-order valence-electron chi connectivity index (χ1n) is 8.17. The molecule has 0 bridgehead atoms. The highest BCUT2D eigenvalue weighted by Crippen LogP contribution is 2.24. The number of rotatable bonds is 6. The minimum atomic E-state index is -1.57. The molecule has 0 aliphatic heterocycles. The molecule has 2 aromatic rings. The van der Waals surface area contributed by atoms with Gasteiger partial charge in [-0.15, -0.1) is 0 Å². The van der Waals surface area contributed by atoms with Crippen LogP contribution in [0, 0.1) is 0 Å². The van der Waals surface area contributed by atoms with Crippen molar-refractivity contribution in [3.05, 3.63) is 59.2 Å². The molecule has 0 saturated carbocycles. The van der Waals surface area contributed by atoms with Crippen molar-refractivity contribution in [2.75, 3.05) is 11.9 Å². The van der Waals surface area contributed by atoms with E-state index in [1.807, 2.05) is 12.1 Å². The van der Waals surface area contributed by atoms with Gasteiger partial charge in [0.1, 0.15) is 5.75 Å². The van der Waals surface area contributed by atoms with E-state index in [1.54, 1.807) is 12.1 Å². The van der Waals surface area contributed by atoms with Gasteiger partial charge in [0.15, 0.2) is 6.61 Å². The molecule has 0 aliphatic carbocycles. The molecule has 1 amide bonds. The maximum absolute atomic E-state index is 12.0. The SMILES string of the molecule is CC(C)(C)c1ccc(OCC(=O)Nc2cc(C(=O)[O-])cc(C(=O)[O-])c2)cc1. The van der Waals surface area contributed by atoms with Crippen molar-refractivity contribution in [2.45, 2.75) is 26.2 Å². The minimum absolute atomic E-state index is 0.00335. The molecule has 2 rings (SSSR count). The number of carbonyl (C=O) groups is 3. The number of aromatic carboxylic acids is 2. The van der Waals surface area contributed by atoms with Crippen molar-refractivity contribution in [3.8, 4) is 5.75 Å². The number of carboxylic acids is 2. The van der Waals surface area contributed by atoms with E-state index in [4.69, 9.17) is 4.74 Å². The molecule has 0 saturated heterocycles. The van der Waals surface area contributed by atoms with Crippen molar-refractivity contribution in [2.24, 2.45) is 0 Å². The second-order valence-corrected chi connectivity index (χ2v) is 6.99. The Bertz CT molecular complexity index is 833. The molecule has 0 radical (unpaired) electrons. The summed E-state index contributed by atoms with van der Waals surface area (Å²) in [7, 11) is 0. The van der Waals surface area contributed by atoms with Crippen LogP contribution in [0.5, 0.6) is 5.75 Å². The number of hydrogen-bond acceptors (Lipinski definition) is 6. The maximum Gasteiger partial charge on any atom is 0.262 e. The van der Waals surface area contributed by atoms with Crippen LogP contribution in [0.2, 0.25) is 0 Å². The van der Waals surface area contributed by atoms with Crippen LogP contribution in [-0.4, -0.2) is 24.5 Å². The lowest BCUT2D eigenvalue weighted by Gasteiger charge is -2.19. The van der Waals surface area contributed by atoms with Crippen LogP contribution in [0.1, 0.15) is 47.1 Å². The molecule has 1 N–H and O–H groups in total. The summed E-state index contributed by atoms with van der Waals surface area (Å²) in [6, 6.07) is 10.4. The molecule has 0 atom stereocenters. The number of carboxylic acid groups (broad SMARTS) is 2. The van der Waals surface area contributed by atoms with Gasteiger partial charge in [0.05, 0.1) is 11.9 Å². The smallest absolute Gasteiger partial charge is 0.262 e. The highest BCUT2D eigenvalue weighted by molar-refractivity contribution is 5.97. The average Bonchev–Trinajstić information content (AvgIpc) is 2.59. The van der Waals surface area contributed by atoms with Crippen molar-refractivity contribution >= 4 is 23.5 Å². The minimum Gasteiger partial charge on any atom is -0.545 e. The predicted octanol–water partition coefficient (Wildman–Crippen LogP) is 0.729. The Balaban J connectivity index is 2.03. The maximum atomic E-state index is 12.0. The summed E-state index contributed by atoms with van der Waals surface area (Å²) in [4.78, 5) is 33.9. The van der Waals surface area contributed by atoms with Gasteiger partial charge in [-0.2, -0.15) is 0 Å². The van der Waals surface area contributed by atoms with Crippen LogP contribution in [0.15, 0.2) is 42.5 Å². The third-order valence-electron chi connectivity index (χ3n) is 3.78. The van der Waals surface area contributed by atoms with E-state index in [0.717, 1.165) is 23.8 Å². The van der Waals surface area contributed by atoms with Gasteiger partial charge >= 0.3 is 0 Å². The Labute approximate surface area is 156 Å². The lowest BCUT2D eigenvalue weighted by molar-refractivity contribution is -0.255. The van der Waals surface area contributed by atoms with E-state index in [9.17, 15) is 24.6 Å². The molecule has 0 aliphatic rings. The highest BCUT2D eigenvalue weighted by atomic mass is 16.5. The fourth-order valence-electron chi connectivity index (χ4n) is 2.33. The Morgan fingerprint density at radius 1 is 0.926 bits per heavy atom. The summed E-state index contributed by atoms with van der Waals surface area (Å²) in [5.41, 5.74) is 0.341. The second-order valence-electron chi connectivity index (χ2n) is 6.99. The standard InChI is InChI=1S/C20H21NO6/c1-20(2,3)14-4-6-16(7-5-14)27-11-17(22)21-15-9-12(18(23)24)8-13(10-15)19(25)26/h4-10H,11H2,1-3H3,(H,21,22)(H,23,24)(H,25,26)/p-2. The number of nitrogens with one attached hydrogen (secondary N) is 1. The predicted molar refractivity (Wildman–Crippen MR) is 94.4 cm³/mol. The Morgan fingerprint density at radius 3 is 1.89 bits per heavy atom. The molecular formula is C20H19NO6-2. The van der Waals surface area contributed by atoms with E-state index < -0.39 is 17.8 Å². The van der Waals surface area contributed by atoms with Gasteiger partial charge < -0.3 is 29.9 Å². The van der Waals surface area contributed by atoms with Gasteiger partial charge in [0, 0.05) is 5.69 Å². The molecule has 2 aromatic carbocycles. The van der Waals surface area contributed by atoms with Gasteiger partial charge in [0.25, 0.3) is 5.91 Å². The first kappa shape index (κ1) is 20.0. The topological polar surface area (TPSA) is 119 Å². The zero-order chi connectivity index (χ0) is 20.2. The van der Waals surface area contributed by atoms with Crippen LogP contribution in [0.4, 0.5) is 5.69 Å². The fourth-order valence-corrected chi connectivity index (χ4v) is 2.33. The third kappa shape index (κ3) is 5.57. The van der Waals surface area contributed by atoms with Crippen LogP contribution in [0.3, 0.4) is 0 Å². The van der Waals surface area contributed by atoms with E-state index in [0.29, 0.717) is 5.75 Å². The molecule has 7 heteroatoms. The number of anilines is 1. The van der Waals surface area contributed by atoms with E-state index in [2.05, 4.69) is 26.1 Å². The Morgan fingerprint density at radius 2 is 1.44 bits per heavy atom. The first-order valence-corrected chi connectivity index (χ1v) is 8.17. The van der Waals surface area contributed by atoms with Crippen molar-refractivity contribution in [3.63, 3.8) is 0 Å². The highest BCUT2D eigenvalue weighted by Gasteiger charge is 2.13. The monoisotopic (exact) mass is 369 g/mol. The second kappa shape index (κ2) is 7.90. The summed E-state index contributed by atoms with van der Waals surface area (Å²) in [6.07, 6.45) is 0. The number of carbonyl (C=O) groups excluding carboxylic acids is 3. The van der Waals surface area contributed by atoms with Crippen molar-refractivity contribution < 1.29 is 29.3 Å². The van der Waals surface area contributed by atoms with Crippen LogP contribution >= 0.6 is 0 Å². The Hall–Kier alpha value is -3.35. The van der Waals surface area contributed by atoms with E-state index >= 15 is 0 Å². The molecule has 0 unspecified atom stereocenters. The summed E-state index contributed by atoms with van der Waals surface area (Å²) < 4.78 is 5.39. The lowest BCUT2D eigenvalue weighted by Crippen LogP contribution is -2.27. The zero-order valence-electron chi connectivity index (χ0n) is 15.2. The van der Waals surface area contributed by atoms with Crippen LogP contribution in [-0.2, 0) is 10.2 Å². The average molecular weight is 369 g/mol. The Kier molecular flexibility index (Phi) is 5.85. The molecule has 142 valence electrons. The summed E-state index contributed by atoms with van der Waals surface area (Å²) in [6.45, 7) is 5.92. The number of ether oxygens (including phenoxy) is 1. The van der Waals surface area contributed by atoms with Crippen molar-refractivity contribution in [1.82, 2.24) is 0 Å². The van der Waals surface area contributed by atoms with Gasteiger partial charge in [-0.25, -0.2) is 0 Å². The lowest BCUT2D eigenvalue weighted by atomic mass is 9.87. The summed E-state index contributed by atoms with van der Waals surface area (Å²) in [5, 5.41) is 24.3. The molecular weight excluding hydrogens is 350 g/mol. The van der Waals surface area contributed by atoms with Crippen LogP contribution in [0.25, 0.3) is 0 Å². The molecule has 27 heavy (non-hydrogen) atoms. The number of hydrogen-bond donors (Lipinski definition) is 1. The summed E-state index contributed by atoms with van der Waals surface area (Å²) in [5.74, 6) is -3.21. The van der Waals surface area contributed by atoms with Crippen molar-refractivity contribution in [1.29, 1.82) is 0 Å². The summed E-state index contributed by atoms with van der Waals surface area (Å²) >= 11 is 0. The van der Waals surface area contributed by atoms with Crippen LogP contribution < -0.4 is 20.3 Å². The van der Waals surface area contributed by atoms with E-state index in [1.165, 1.54) is 0 Å². The van der Waals surface area contributed by atoms with Gasteiger partial charge in [-0.1, -0.05) is 32.9 Å². The first-order chi connectivity index (χ1) is 12.6. The van der Waals surface area contributed by atoms with Gasteiger partial charge in [0.2, 0.25) is 0 Å². The molecule has 0 aromatic heterocycles. The van der Waals surface area contributed by atoms with E-state index in [-0.39, 0.29) is 28.8 Å². The quantitative estimate of drug-likeness (QED) is 0.802. The number of benzene rings is 2. The molecule has 0 heterocycles. The third-order valence-corrected chi connectivity index (χ3v) is 3.78. The zero-order valence-corrected chi connectivity index (χ0v) is 15.2. The molecule has 0 spiro atoms. The van der Waals surface area contributed by atoms with Gasteiger partial charge in [-0.05, 0) is 52.4 Å². The fraction of sp³-hybridized carbons (Fsp3) is 0.250.